The molecule has 1 aromatic carbocycles. The number of pyridine rings is 1. The molecule has 0 fully saturated rings. The summed E-state index contributed by atoms with van der Waals surface area (Å²) in [6.45, 7) is 1.58. The van der Waals surface area contributed by atoms with E-state index >= 15 is 0 Å². The summed E-state index contributed by atoms with van der Waals surface area (Å²) in [7, 11) is 5.71. The number of aromatic nitrogens is 1. The summed E-state index contributed by atoms with van der Waals surface area (Å²) in [6, 6.07) is 12.1. The Kier molecular flexibility index (Phi) is 5.98. The van der Waals surface area contributed by atoms with Crippen LogP contribution >= 0.6 is 0 Å². The first kappa shape index (κ1) is 16.0. The molecule has 0 saturated carbocycles. The maximum absolute atomic E-state index is 5.33. The van der Waals surface area contributed by atoms with E-state index in [1.165, 1.54) is 5.56 Å². The highest BCUT2D eigenvalue weighted by atomic mass is 16.5. The minimum atomic E-state index is 0.789. The molecular formula is C18H23N3O. The van der Waals surface area contributed by atoms with Crippen molar-refractivity contribution in [3.05, 3.63) is 59.8 Å². The molecule has 0 bridgehead atoms. The molecule has 2 aromatic rings. The molecule has 1 N–H and O–H groups in total. The van der Waals surface area contributed by atoms with E-state index in [9.17, 15) is 0 Å². The fourth-order valence-corrected chi connectivity index (χ4v) is 2.25. The fourth-order valence-electron chi connectivity index (χ4n) is 2.25. The van der Waals surface area contributed by atoms with Crippen molar-refractivity contribution in [3.8, 4) is 5.75 Å². The van der Waals surface area contributed by atoms with E-state index in [0.29, 0.717) is 0 Å². The molecule has 0 saturated heterocycles. The quantitative estimate of drug-likeness (QED) is 0.797. The molecule has 22 heavy (non-hydrogen) atoms. The average Bonchev–Trinajstić information content (AvgIpc) is 2.55. The molecule has 0 radical (unpaired) electrons. The van der Waals surface area contributed by atoms with Crippen LogP contribution in [0.2, 0.25) is 0 Å². The van der Waals surface area contributed by atoms with Crippen LogP contribution in [0, 0.1) is 0 Å². The van der Waals surface area contributed by atoms with Gasteiger partial charge in [-0.25, -0.2) is 4.98 Å². The normalized spacial score (nSPS) is 10.9. The second kappa shape index (κ2) is 8.20. The molecule has 1 aromatic heterocycles. The van der Waals surface area contributed by atoms with E-state index in [4.69, 9.17) is 4.74 Å². The summed E-state index contributed by atoms with van der Waals surface area (Å²) < 4.78 is 5.33. The molecule has 4 nitrogen and oxygen atoms in total. The lowest BCUT2D eigenvalue weighted by Crippen LogP contribution is -2.18. The van der Waals surface area contributed by atoms with Crippen LogP contribution in [0.1, 0.15) is 11.1 Å². The molecule has 4 heteroatoms. The molecule has 0 unspecified atom stereocenters. The van der Waals surface area contributed by atoms with Gasteiger partial charge in [0.15, 0.2) is 0 Å². The van der Waals surface area contributed by atoms with Gasteiger partial charge in [0.1, 0.15) is 11.6 Å². The van der Waals surface area contributed by atoms with Gasteiger partial charge in [0, 0.05) is 44.5 Å². The summed E-state index contributed by atoms with van der Waals surface area (Å²) in [6.07, 6.45) is 5.99. The fraction of sp³-hybridized carbons (Fsp3) is 0.278. The van der Waals surface area contributed by atoms with Gasteiger partial charge in [-0.15, -0.1) is 0 Å². The Labute approximate surface area is 132 Å². The lowest BCUT2D eigenvalue weighted by molar-refractivity contribution is 0.414. The maximum Gasteiger partial charge on any atom is 0.132 e. The largest absolute Gasteiger partial charge is 0.496 e. The van der Waals surface area contributed by atoms with Gasteiger partial charge < -0.3 is 15.0 Å². The molecule has 1 heterocycles. The van der Waals surface area contributed by atoms with Gasteiger partial charge in [0.05, 0.1) is 7.11 Å². The van der Waals surface area contributed by atoms with Crippen LogP contribution in [-0.4, -0.2) is 32.7 Å². The predicted octanol–water partition coefficient (Wildman–Crippen LogP) is 2.96. The van der Waals surface area contributed by atoms with Crippen molar-refractivity contribution in [1.82, 2.24) is 10.3 Å². The third-order valence-electron chi connectivity index (χ3n) is 3.31. The summed E-state index contributed by atoms with van der Waals surface area (Å²) >= 11 is 0. The van der Waals surface area contributed by atoms with E-state index in [1.807, 2.05) is 55.5 Å². The Balaban J connectivity index is 1.88. The van der Waals surface area contributed by atoms with E-state index in [1.54, 1.807) is 7.11 Å². The Morgan fingerprint density at radius 3 is 2.77 bits per heavy atom. The van der Waals surface area contributed by atoms with Crippen molar-refractivity contribution in [2.45, 2.75) is 6.54 Å². The zero-order chi connectivity index (χ0) is 15.8. The summed E-state index contributed by atoms with van der Waals surface area (Å²) in [4.78, 5) is 6.43. The first-order chi connectivity index (χ1) is 10.7. The zero-order valence-electron chi connectivity index (χ0n) is 13.4. The molecule has 0 amide bonds. The number of nitrogens with zero attached hydrogens (tertiary/aromatic N) is 2. The SMILES string of the molecule is COc1ccccc1/C=C/CNCc1cccnc1N(C)C. The summed E-state index contributed by atoms with van der Waals surface area (Å²) in [5.74, 6) is 1.89. The average molecular weight is 297 g/mol. The molecule has 0 aliphatic carbocycles. The first-order valence-corrected chi connectivity index (χ1v) is 7.34. The van der Waals surface area contributed by atoms with E-state index in [-0.39, 0.29) is 0 Å². The van der Waals surface area contributed by atoms with Gasteiger partial charge in [-0.3, -0.25) is 0 Å². The molecule has 0 aliphatic heterocycles. The van der Waals surface area contributed by atoms with Gasteiger partial charge in [-0.05, 0) is 12.1 Å². The van der Waals surface area contributed by atoms with Crippen LogP contribution in [0.15, 0.2) is 48.7 Å². The predicted molar refractivity (Wildman–Crippen MR) is 92.3 cm³/mol. The van der Waals surface area contributed by atoms with Crippen LogP contribution in [-0.2, 0) is 6.54 Å². The Morgan fingerprint density at radius 1 is 1.18 bits per heavy atom. The molecule has 2 rings (SSSR count). The van der Waals surface area contributed by atoms with Crippen molar-refractivity contribution in [2.24, 2.45) is 0 Å². The molecule has 116 valence electrons. The number of rotatable bonds is 7. The van der Waals surface area contributed by atoms with Gasteiger partial charge in [-0.2, -0.15) is 0 Å². The highest BCUT2D eigenvalue weighted by Crippen LogP contribution is 2.18. The minimum Gasteiger partial charge on any atom is -0.496 e. The van der Waals surface area contributed by atoms with Crippen LogP contribution in [0.5, 0.6) is 5.75 Å². The van der Waals surface area contributed by atoms with Gasteiger partial charge in [0.2, 0.25) is 0 Å². The maximum atomic E-state index is 5.33. The van der Waals surface area contributed by atoms with Crippen molar-refractivity contribution in [3.63, 3.8) is 0 Å². The Hall–Kier alpha value is -2.33. The smallest absolute Gasteiger partial charge is 0.132 e. The van der Waals surface area contributed by atoms with Crippen LogP contribution in [0.3, 0.4) is 0 Å². The number of hydrogen-bond acceptors (Lipinski definition) is 4. The second-order valence-electron chi connectivity index (χ2n) is 5.16. The first-order valence-electron chi connectivity index (χ1n) is 7.34. The van der Waals surface area contributed by atoms with E-state index in [0.717, 1.165) is 30.2 Å². The van der Waals surface area contributed by atoms with Crippen molar-refractivity contribution in [1.29, 1.82) is 0 Å². The van der Waals surface area contributed by atoms with Crippen molar-refractivity contribution < 1.29 is 4.74 Å². The monoisotopic (exact) mass is 297 g/mol. The van der Waals surface area contributed by atoms with E-state index < -0.39 is 0 Å². The standard InChI is InChI=1S/C18H23N3O/c1-21(2)18-16(10-7-13-20-18)14-19-12-6-9-15-8-4-5-11-17(15)22-3/h4-11,13,19H,12,14H2,1-3H3/b9-6+. The van der Waals surface area contributed by atoms with Crippen LogP contribution < -0.4 is 15.0 Å². The van der Waals surface area contributed by atoms with Crippen molar-refractivity contribution in [2.75, 3.05) is 32.6 Å². The van der Waals surface area contributed by atoms with Crippen LogP contribution in [0.25, 0.3) is 6.08 Å². The Morgan fingerprint density at radius 2 is 2.00 bits per heavy atom. The lowest BCUT2D eigenvalue weighted by Gasteiger charge is -2.15. The second-order valence-corrected chi connectivity index (χ2v) is 5.16. The van der Waals surface area contributed by atoms with Crippen LogP contribution in [0.4, 0.5) is 5.82 Å². The molecule has 0 spiro atoms. The zero-order valence-corrected chi connectivity index (χ0v) is 13.4. The number of para-hydroxylation sites is 1. The number of anilines is 1. The molecule has 0 atom stereocenters. The molecular weight excluding hydrogens is 274 g/mol. The minimum absolute atomic E-state index is 0.789. The van der Waals surface area contributed by atoms with Crippen molar-refractivity contribution >= 4 is 11.9 Å². The number of nitrogens with one attached hydrogen (secondary N) is 1. The molecule has 0 aliphatic rings. The third-order valence-corrected chi connectivity index (χ3v) is 3.31. The van der Waals surface area contributed by atoms with Gasteiger partial charge in [0.25, 0.3) is 0 Å². The number of ether oxygens (including phenoxy) is 1. The lowest BCUT2D eigenvalue weighted by atomic mass is 10.2. The highest BCUT2D eigenvalue weighted by molar-refractivity contribution is 5.57. The Bertz CT molecular complexity index is 623. The van der Waals surface area contributed by atoms with Gasteiger partial charge >= 0.3 is 0 Å². The summed E-state index contributed by atoms with van der Waals surface area (Å²) in [5.41, 5.74) is 2.28. The number of methoxy groups -OCH3 is 1. The number of hydrogen-bond donors (Lipinski definition) is 1. The van der Waals surface area contributed by atoms with Gasteiger partial charge in [-0.1, -0.05) is 36.4 Å². The number of benzene rings is 1. The van der Waals surface area contributed by atoms with E-state index in [2.05, 4.69) is 28.5 Å². The highest BCUT2D eigenvalue weighted by Gasteiger charge is 2.03. The summed E-state index contributed by atoms with van der Waals surface area (Å²) in [5, 5.41) is 3.41. The third kappa shape index (κ3) is 4.33. The topological polar surface area (TPSA) is 37.4 Å².